The van der Waals surface area contributed by atoms with Gasteiger partial charge in [0.1, 0.15) is 0 Å². The van der Waals surface area contributed by atoms with Gasteiger partial charge in [0.2, 0.25) is 17.5 Å². The summed E-state index contributed by atoms with van der Waals surface area (Å²) in [6.07, 6.45) is 1.81. The number of piperidine rings is 1. The first kappa shape index (κ1) is 17.0. The second-order valence-electron chi connectivity index (χ2n) is 6.82. The van der Waals surface area contributed by atoms with Crippen LogP contribution in [0.4, 0.5) is 0 Å². The van der Waals surface area contributed by atoms with Crippen LogP contribution in [0.1, 0.15) is 60.7 Å². The lowest BCUT2D eigenvalue weighted by atomic mass is 9.98. The van der Waals surface area contributed by atoms with Gasteiger partial charge in [-0.2, -0.15) is 11.3 Å². The maximum Gasteiger partial charge on any atom is 0.292 e. The first-order chi connectivity index (χ1) is 12.6. The lowest BCUT2D eigenvalue weighted by molar-refractivity contribution is 0.0656. The Morgan fingerprint density at radius 1 is 1.38 bits per heavy atom. The van der Waals surface area contributed by atoms with Crippen LogP contribution in [0.3, 0.4) is 0 Å². The van der Waals surface area contributed by atoms with Crippen molar-refractivity contribution in [1.82, 2.24) is 20.3 Å². The molecule has 1 saturated heterocycles. The summed E-state index contributed by atoms with van der Waals surface area (Å²) in [4.78, 5) is 14.5. The lowest BCUT2D eigenvalue weighted by Gasteiger charge is -2.30. The van der Waals surface area contributed by atoms with Gasteiger partial charge >= 0.3 is 0 Å². The summed E-state index contributed by atoms with van der Waals surface area (Å²) < 4.78 is 11.1. The van der Waals surface area contributed by atoms with Gasteiger partial charge in [-0.3, -0.25) is 4.79 Å². The molecule has 26 heavy (non-hydrogen) atoms. The highest BCUT2D eigenvalue weighted by molar-refractivity contribution is 7.08. The van der Waals surface area contributed by atoms with Crippen LogP contribution >= 0.6 is 11.3 Å². The van der Waals surface area contributed by atoms with Crippen molar-refractivity contribution in [2.75, 3.05) is 13.1 Å². The largest absolute Gasteiger partial charge is 0.420 e. The standard InChI is InChI=1S/C18H20N4O3S/c1-11(2)14-8-15(25-21-14)18(23)22-6-3-4-12(9-22)16-19-20-17(24-16)13-5-7-26-10-13/h5,7-8,10-12H,3-4,6,9H2,1-2H3/t12-/m0/s1. The van der Waals surface area contributed by atoms with E-state index in [2.05, 4.69) is 15.4 Å². The van der Waals surface area contributed by atoms with Gasteiger partial charge in [-0.1, -0.05) is 19.0 Å². The Labute approximate surface area is 155 Å². The smallest absolute Gasteiger partial charge is 0.292 e. The summed E-state index contributed by atoms with van der Waals surface area (Å²) in [6.45, 7) is 5.27. The summed E-state index contributed by atoms with van der Waals surface area (Å²) >= 11 is 1.59. The summed E-state index contributed by atoms with van der Waals surface area (Å²) in [5.74, 6) is 1.54. The third kappa shape index (κ3) is 3.29. The summed E-state index contributed by atoms with van der Waals surface area (Å²) in [5, 5.41) is 16.3. The molecular formula is C18H20N4O3S. The Morgan fingerprint density at radius 2 is 2.27 bits per heavy atom. The zero-order chi connectivity index (χ0) is 18.1. The van der Waals surface area contributed by atoms with Crippen LogP contribution < -0.4 is 0 Å². The van der Waals surface area contributed by atoms with Gasteiger partial charge in [-0.15, -0.1) is 10.2 Å². The van der Waals surface area contributed by atoms with Gasteiger partial charge in [-0.25, -0.2) is 0 Å². The molecule has 3 aromatic rings. The number of aromatic nitrogens is 3. The van der Waals surface area contributed by atoms with E-state index in [4.69, 9.17) is 8.94 Å². The summed E-state index contributed by atoms with van der Waals surface area (Å²) in [7, 11) is 0. The van der Waals surface area contributed by atoms with E-state index >= 15 is 0 Å². The quantitative estimate of drug-likeness (QED) is 0.690. The number of amides is 1. The van der Waals surface area contributed by atoms with Crippen LogP contribution in [0.2, 0.25) is 0 Å². The first-order valence-electron chi connectivity index (χ1n) is 8.73. The molecule has 0 spiro atoms. The third-order valence-electron chi connectivity index (χ3n) is 4.60. The van der Waals surface area contributed by atoms with E-state index in [-0.39, 0.29) is 17.7 Å². The molecule has 1 atom stereocenters. The Kier molecular flexibility index (Phi) is 4.58. The third-order valence-corrected chi connectivity index (χ3v) is 5.28. The predicted molar refractivity (Wildman–Crippen MR) is 96.1 cm³/mol. The maximum atomic E-state index is 12.7. The van der Waals surface area contributed by atoms with Crippen molar-refractivity contribution in [1.29, 1.82) is 0 Å². The number of hydrogen-bond donors (Lipinski definition) is 0. The van der Waals surface area contributed by atoms with E-state index in [0.717, 1.165) is 24.1 Å². The molecule has 0 radical (unpaired) electrons. The Balaban J connectivity index is 1.48. The molecule has 1 aliphatic rings. The van der Waals surface area contributed by atoms with Gasteiger partial charge in [0.25, 0.3) is 5.91 Å². The van der Waals surface area contributed by atoms with Crippen molar-refractivity contribution < 1.29 is 13.7 Å². The normalized spacial score (nSPS) is 17.8. The van der Waals surface area contributed by atoms with Gasteiger partial charge < -0.3 is 13.8 Å². The van der Waals surface area contributed by atoms with Crippen molar-refractivity contribution in [2.24, 2.45) is 0 Å². The monoisotopic (exact) mass is 372 g/mol. The molecule has 1 fully saturated rings. The van der Waals surface area contributed by atoms with Gasteiger partial charge in [0.05, 0.1) is 11.6 Å². The van der Waals surface area contributed by atoms with Crippen LogP contribution in [-0.4, -0.2) is 39.3 Å². The molecule has 4 heterocycles. The molecule has 8 heteroatoms. The van der Waals surface area contributed by atoms with Crippen molar-refractivity contribution in [3.63, 3.8) is 0 Å². The topological polar surface area (TPSA) is 85.3 Å². The van der Waals surface area contributed by atoms with Gasteiger partial charge in [0.15, 0.2) is 0 Å². The first-order valence-corrected chi connectivity index (χ1v) is 9.68. The molecule has 3 aromatic heterocycles. The number of nitrogens with zero attached hydrogens (tertiary/aromatic N) is 4. The molecule has 0 unspecified atom stereocenters. The lowest BCUT2D eigenvalue weighted by Crippen LogP contribution is -2.39. The molecule has 0 saturated carbocycles. The van der Waals surface area contributed by atoms with Gasteiger partial charge in [-0.05, 0) is 30.2 Å². The number of carbonyl (C=O) groups is 1. The van der Waals surface area contributed by atoms with Gasteiger partial charge in [0, 0.05) is 30.1 Å². The Morgan fingerprint density at radius 3 is 3.00 bits per heavy atom. The highest BCUT2D eigenvalue weighted by Crippen LogP contribution is 2.30. The average molecular weight is 372 g/mol. The molecule has 4 rings (SSSR count). The van der Waals surface area contributed by atoms with Crippen LogP contribution in [0.15, 0.2) is 31.8 Å². The second-order valence-corrected chi connectivity index (χ2v) is 7.60. The second kappa shape index (κ2) is 7.03. The molecule has 1 aliphatic heterocycles. The molecule has 7 nitrogen and oxygen atoms in total. The molecule has 0 aromatic carbocycles. The number of rotatable bonds is 4. The van der Waals surface area contributed by atoms with E-state index in [9.17, 15) is 4.79 Å². The number of hydrogen-bond acceptors (Lipinski definition) is 7. The minimum atomic E-state index is -0.133. The molecule has 0 aliphatic carbocycles. The van der Waals surface area contributed by atoms with Crippen LogP contribution in [0.25, 0.3) is 11.5 Å². The maximum absolute atomic E-state index is 12.7. The highest BCUT2D eigenvalue weighted by atomic mass is 32.1. The number of carbonyl (C=O) groups excluding carboxylic acids is 1. The minimum Gasteiger partial charge on any atom is -0.420 e. The summed E-state index contributed by atoms with van der Waals surface area (Å²) in [6, 6.07) is 3.69. The van der Waals surface area contributed by atoms with Crippen molar-refractivity contribution >= 4 is 17.2 Å². The van der Waals surface area contributed by atoms with Crippen LogP contribution in [-0.2, 0) is 0 Å². The number of thiophene rings is 1. The fourth-order valence-electron chi connectivity index (χ4n) is 3.08. The van der Waals surface area contributed by atoms with E-state index in [0.29, 0.717) is 30.6 Å². The number of likely N-dealkylation sites (tertiary alicyclic amines) is 1. The average Bonchev–Trinajstić information content (AvgIpc) is 3.42. The Bertz CT molecular complexity index is 884. The van der Waals surface area contributed by atoms with E-state index < -0.39 is 0 Å². The molecular weight excluding hydrogens is 352 g/mol. The summed E-state index contributed by atoms with van der Waals surface area (Å²) in [5.41, 5.74) is 1.72. The SMILES string of the molecule is CC(C)c1cc(C(=O)N2CCC[C@H](c3nnc(-c4ccsc4)o3)C2)on1. The zero-order valence-electron chi connectivity index (χ0n) is 14.7. The fraction of sp³-hybridized carbons (Fsp3) is 0.444. The Hall–Kier alpha value is -2.48. The van der Waals surface area contributed by atoms with E-state index in [1.54, 1.807) is 22.3 Å². The highest BCUT2D eigenvalue weighted by Gasteiger charge is 2.30. The fourth-order valence-corrected chi connectivity index (χ4v) is 3.71. The van der Waals surface area contributed by atoms with Crippen molar-refractivity contribution in [3.8, 4) is 11.5 Å². The van der Waals surface area contributed by atoms with Crippen molar-refractivity contribution in [3.05, 3.63) is 40.2 Å². The minimum absolute atomic E-state index is 0.0417. The molecule has 0 N–H and O–H groups in total. The predicted octanol–water partition coefficient (Wildman–Crippen LogP) is 3.93. The zero-order valence-corrected chi connectivity index (χ0v) is 15.5. The molecule has 136 valence electrons. The van der Waals surface area contributed by atoms with E-state index in [1.807, 2.05) is 30.7 Å². The van der Waals surface area contributed by atoms with Crippen molar-refractivity contribution in [2.45, 2.75) is 38.5 Å². The van der Waals surface area contributed by atoms with E-state index in [1.165, 1.54) is 0 Å². The molecule has 1 amide bonds. The van der Waals surface area contributed by atoms with Crippen LogP contribution in [0.5, 0.6) is 0 Å². The molecule has 0 bridgehead atoms. The van der Waals surface area contributed by atoms with Crippen LogP contribution in [0, 0.1) is 0 Å².